The molecule has 0 radical (unpaired) electrons. The minimum atomic E-state index is -1.41. The van der Waals surface area contributed by atoms with Gasteiger partial charge in [-0.25, -0.2) is 4.79 Å². The van der Waals surface area contributed by atoms with Gasteiger partial charge < -0.3 is 23.8 Å². The standard InChI is InChI=1S/C25H21NO6/c1-3-25(24(27)28)14-29-20-11-9-18(13-22(20)31-25)30-17-8-10-19-21(12-17)32-26-23(19)16-6-4-15(2)5-7-16/h4-13H,3,14H2,1-2H3,(H,27,28)/t25-/m1/s1. The number of rotatable bonds is 5. The van der Waals surface area contributed by atoms with Gasteiger partial charge in [-0.3, -0.25) is 0 Å². The number of carboxylic acids is 1. The van der Waals surface area contributed by atoms with Crippen molar-refractivity contribution in [1.82, 2.24) is 5.16 Å². The highest BCUT2D eigenvalue weighted by molar-refractivity contribution is 5.92. The van der Waals surface area contributed by atoms with E-state index in [0.29, 0.717) is 28.6 Å². The smallest absolute Gasteiger partial charge is 0.351 e. The lowest BCUT2D eigenvalue weighted by Crippen LogP contribution is -2.51. The van der Waals surface area contributed by atoms with Crippen LogP contribution in [0.4, 0.5) is 0 Å². The van der Waals surface area contributed by atoms with Gasteiger partial charge in [-0.2, -0.15) is 0 Å². The molecule has 162 valence electrons. The molecule has 0 saturated carbocycles. The SMILES string of the molecule is CC[C@]1(C(=O)O)COc2ccc(Oc3ccc4c(-c5ccc(C)cc5)noc4c3)cc2O1. The number of aryl methyl sites for hydroxylation is 1. The molecule has 0 fully saturated rings. The largest absolute Gasteiger partial charge is 0.485 e. The molecule has 1 aromatic heterocycles. The molecule has 5 rings (SSSR count). The van der Waals surface area contributed by atoms with Gasteiger partial charge in [-0.1, -0.05) is 41.9 Å². The fourth-order valence-electron chi connectivity index (χ4n) is 3.65. The number of hydrogen-bond donors (Lipinski definition) is 1. The summed E-state index contributed by atoms with van der Waals surface area (Å²) < 4.78 is 22.9. The zero-order valence-electron chi connectivity index (χ0n) is 17.6. The van der Waals surface area contributed by atoms with Crippen molar-refractivity contribution in [3.05, 3.63) is 66.2 Å². The average Bonchev–Trinajstić information content (AvgIpc) is 3.22. The van der Waals surface area contributed by atoms with Crippen LogP contribution < -0.4 is 14.2 Å². The minimum Gasteiger partial charge on any atom is -0.485 e. The molecule has 7 heteroatoms. The number of aromatic nitrogens is 1. The van der Waals surface area contributed by atoms with Crippen LogP contribution in [0.25, 0.3) is 22.2 Å². The summed E-state index contributed by atoms with van der Waals surface area (Å²) in [5, 5.41) is 14.7. The lowest BCUT2D eigenvalue weighted by molar-refractivity contribution is -0.160. The Labute approximate surface area is 184 Å². The fraction of sp³-hybridized carbons (Fsp3) is 0.200. The maximum Gasteiger partial charge on any atom is 0.351 e. The summed E-state index contributed by atoms with van der Waals surface area (Å²) in [4.78, 5) is 11.7. The third-order valence-electron chi connectivity index (χ3n) is 5.65. The van der Waals surface area contributed by atoms with Crippen molar-refractivity contribution in [2.45, 2.75) is 25.9 Å². The van der Waals surface area contributed by atoms with E-state index in [9.17, 15) is 9.90 Å². The maximum absolute atomic E-state index is 11.7. The molecule has 3 aromatic carbocycles. The number of hydrogen-bond acceptors (Lipinski definition) is 6. The first kappa shape index (κ1) is 19.9. The van der Waals surface area contributed by atoms with Crippen LogP contribution in [-0.2, 0) is 4.79 Å². The molecule has 0 aliphatic carbocycles. The monoisotopic (exact) mass is 431 g/mol. The molecule has 1 atom stereocenters. The Bertz CT molecular complexity index is 1310. The first-order valence-electron chi connectivity index (χ1n) is 10.3. The molecule has 0 amide bonds. The van der Waals surface area contributed by atoms with Crippen molar-refractivity contribution < 1.29 is 28.6 Å². The second-order valence-electron chi connectivity index (χ2n) is 7.81. The Morgan fingerprint density at radius 3 is 2.56 bits per heavy atom. The highest BCUT2D eigenvalue weighted by Crippen LogP contribution is 2.40. The fourth-order valence-corrected chi connectivity index (χ4v) is 3.65. The Morgan fingerprint density at radius 2 is 1.81 bits per heavy atom. The van der Waals surface area contributed by atoms with E-state index in [1.165, 1.54) is 5.56 Å². The minimum absolute atomic E-state index is 0.0441. The molecule has 0 bridgehead atoms. The van der Waals surface area contributed by atoms with Crippen molar-refractivity contribution in [2.75, 3.05) is 6.61 Å². The first-order valence-corrected chi connectivity index (χ1v) is 10.3. The Balaban J connectivity index is 1.41. The van der Waals surface area contributed by atoms with Gasteiger partial charge in [-0.15, -0.1) is 0 Å². The summed E-state index contributed by atoms with van der Waals surface area (Å²) in [7, 11) is 0. The van der Waals surface area contributed by atoms with Crippen LogP contribution >= 0.6 is 0 Å². The maximum atomic E-state index is 11.7. The molecular weight excluding hydrogens is 410 g/mol. The van der Waals surface area contributed by atoms with E-state index in [0.717, 1.165) is 16.6 Å². The molecule has 7 nitrogen and oxygen atoms in total. The summed E-state index contributed by atoms with van der Waals surface area (Å²) in [6.07, 6.45) is 0.276. The number of aliphatic carboxylic acids is 1. The number of carboxylic acid groups (broad SMARTS) is 1. The van der Waals surface area contributed by atoms with Gasteiger partial charge in [0.05, 0.1) is 0 Å². The van der Waals surface area contributed by atoms with Crippen LogP contribution in [0, 0.1) is 6.92 Å². The number of benzene rings is 3. The van der Waals surface area contributed by atoms with Crippen LogP contribution in [0.3, 0.4) is 0 Å². The van der Waals surface area contributed by atoms with E-state index >= 15 is 0 Å². The van der Waals surface area contributed by atoms with Crippen LogP contribution in [-0.4, -0.2) is 28.4 Å². The molecule has 0 spiro atoms. The quantitative estimate of drug-likeness (QED) is 0.440. The first-order chi connectivity index (χ1) is 15.5. The number of nitrogens with zero attached hydrogens (tertiary/aromatic N) is 1. The second-order valence-corrected chi connectivity index (χ2v) is 7.81. The van der Waals surface area contributed by atoms with E-state index in [-0.39, 0.29) is 13.0 Å². The molecule has 0 unspecified atom stereocenters. The van der Waals surface area contributed by atoms with Crippen LogP contribution in [0.5, 0.6) is 23.0 Å². The van der Waals surface area contributed by atoms with Crippen molar-refractivity contribution in [3.63, 3.8) is 0 Å². The van der Waals surface area contributed by atoms with Crippen LogP contribution in [0.15, 0.2) is 65.2 Å². The van der Waals surface area contributed by atoms with E-state index < -0.39 is 11.6 Å². The lowest BCUT2D eigenvalue weighted by atomic mass is 10.0. The number of ether oxygens (including phenoxy) is 3. The van der Waals surface area contributed by atoms with Crippen molar-refractivity contribution in [1.29, 1.82) is 0 Å². The molecule has 1 N–H and O–H groups in total. The van der Waals surface area contributed by atoms with Gasteiger partial charge in [0.25, 0.3) is 0 Å². The van der Waals surface area contributed by atoms with Gasteiger partial charge in [0.15, 0.2) is 17.1 Å². The molecule has 32 heavy (non-hydrogen) atoms. The van der Waals surface area contributed by atoms with Crippen LogP contribution in [0.2, 0.25) is 0 Å². The number of fused-ring (bicyclic) bond motifs is 2. The van der Waals surface area contributed by atoms with Crippen molar-refractivity contribution in [2.24, 2.45) is 0 Å². The predicted molar refractivity (Wildman–Crippen MR) is 117 cm³/mol. The summed E-state index contributed by atoms with van der Waals surface area (Å²) >= 11 is 0. The van der Waals surface area contributed by atoms with Gasteiger partial charge in [-0.05, 0) is 37.6 Å². The molecule has 2 heterocycles. The Kier molecular flexibility index (Phi) is 4.74. The van der Waals surface area contributed by atoms with Crippen molar-refractivity contribution in [3.8, 4) is 34.3 Å². The third-order valence-corrected chi connectivity index (χ3v) is 5.65. The molecule has 0 saturated heterocycles. The Hall–Kier alpha value is -4.00. The molecular formula is C25H21NO6. The molecule has 4 aromatic rings. The van der Waals surface area contributed by atoms with Gasteiger partial charge in [0.1, 0.15) is 23.8 Å². The summed E-state index contributed by atoms with van der Waals surface area (Å²) in [6, 6.07) is 18.7. The third kappa shape index (κ3) is 3.41. The molecule has 1 aliphatic rings. The van der Waals surface area contributed by atoms with E-state index in [1.54, 1.807) is 31.2 Å². The van der Waals surface area contributed by atoms with Crippen LogP contribution in [0.1, 0.15) is 18.9 Å². The normalized spacial score (nSPS) is 17.3. The average molecular weight is 431 g/mol. The van der Waals surface area contributed by atoms with E-state index in [1.807, 2.05) is 43.3 Å². The van der Waals surface area contributed by atoms with Gasteiger partial charge >= 0.3 is 5.97 Å². The Morgan fingerprint density at radius 1 is 1.06 bits per heavy atom. The lowest BCUT2D eigenvalue weighted by Gasteiger charge is -2.34. The summed E-state index contributed by atoms with van der Waals surface area (Å²) in [5.41, 5.74) is 2.13. The van der Waals surface area contributed by atoms with Crippen molar-refractivity contribution >= 4 is 16.9 Å². The zero-order chi connectivity index (χ0) is 22.3. The number of carbonyl (C=O) groups is 1. The zero-order valence-corrected chi connectivity index (χ0v) is 17.6. The topological polar surface area (TPSA) is 91.0 Å². The summed E-state index contributed by atoms with van der Waals surface area (Å²) in [5.74, 6) is 0.802. The van der Waals surface area contributed by atoms with Gasteiger partial charge in [0, 0.05) is 23.1 Å². The van der Waals surface area contributed by atoms with E-state index in [4.69, 9.17) is 18.7 Å². The highest BCUT2D eigenvalue weighted by atomic mass is 16.6. The highest BCUT2D eigenvalue weighted by Gasteiger charge is 2.44. The second kappa shape index (κ2) is 7.60. The summed E-state index contributed by atoms with van der Waals surface area (Å²) in [6.45, 7) is 3.74. The molecule has 1 aliphatic heterocycles. The predicted octanol–water partition coefficient (Wildman–Crippen LogP) is 5.60. The van der Waals surface area contributed by atoms with E-state index in [2.05, 4.69) is 5.16 Å². The van der Waals surface area contributed by atoms with Gasteiger partial charge in [0.2, 0.25) is 5.60 Å².